The summed E-state index contributed by atoms with van der Waals surface area (Å²) < 4.78 is 29.9. The molecular formula is C23H25FN2O4. The largest absolute Gasteiger partial charge is 0.493 e. The molecule has 1 heterocycles. The Balaban J connectivity index is 1.62. The van der Waals surface area contributed by atoms with E-state index in [1.54, 1.807) is 25.5 Å². The lowest BCUT2D eigenvalue weighted by Crippen LogP contribution is -2.34. The molecular weight excluding hydrogens is 387 g/mol. The van der Waals surface area contributed by atoms with Crippen molar-refractivity contribution < 1.29 is 23.1 Å². The SMILES string of the molecule is COc1cc(CCN(CC(N)=O)Cc2ccco2)ccc1OCc1cccc(F)c1. The predicted molar refractivity (Wildman–Crippen MR) is 111 cm³/mol. The Morgan fingerprint density at radius 3 is 2.67 bits per heavy atom. The smallest absolute Gasteiger partial charge is 0.231 e. The predicted octanol–water partition coefficient (Wildman–Crippen LogP) is 3.54. The number of hydrogen-bond acceptors (Lipinski definition) is 5. The van der Waals surface area contributed by atoms with Crippen molar-refractivity contribution in [2.24, 2.45) is 5.73 Å². The van der Waals surface area contributed by atoms with Gasteiger partial charge in [-0.15, -0.1) is 0 Å². The molecule has 1 amide bonds. The van der Waals surface area contributed by atoms with E-state index in [2.05, 4.69) is 0 Å². The first-order chi connectivity index (χ1) is 14.5. The Morgan fingerprint density at radius 1 is 1.10 bits per heavy atom. The van der Waals surface area contributed by atoms with Crippen LogP contribution in [-0.4, -0.2) is 31.0 Å². The van der Waals surface area contributed by atoms with Gasteiger partial charge in [-0.05, 0) is 53.9 Å². The molecule has 0 bridgehead atoms. The summed E-state index contributed by atoms with van der Waals surface area (Å²) in [6, 6.07) is 15.6. The fourth-order valence-electron chi connectivity index (χ4n) is 3.12. The second-order valence-electron chi connectivity index (χ2n) is 6.91. The van der Waals surface area contributed by atoms with Crippen LogP contribution in [0.4, 0.5) is 4.39 Å². The van der Waals surface area contributed by atoms with Gasteiger partial charge in [0, 0.05) is 6.54 Å². The van der Waals surface area contributed by atoms with Gasteiger partial charge in [-0.1, -0.05) is 18.2 Å². The van der Waals surface area contributed by atoms with Crippen molar-refractivity contribution in [2.45, 2.75) is 19.6 Å². The maximum Gasteiger partial charge on any atom is 0.231 e. The van der Waals surface area contributed by atoms with Gasteiger partial charge in [0.05, 0.1) is 26.5 Å². The Kier molecular flexibility index (Phi) is 7.45. The fraction of sp³-hybridized carbons (Fsp3) is 0.261. The molecule has 0 fully saturated rings. The minimum atomic E-state index is -0.389. The lowest BCUT2D eigenvalue weighted by molar-refractivity contribution is -0.119. The van der Waals surface area contributed by atoms with Crippen molar-refractivity contribution in [3.8, 4) is 11.5 Å². The second kappa shape index (κ2) is 10.5. The number of methoxy groups -OCH3 is 1. The first kappa shape index (κ1) is 21.4. The van der Waals surface area contributed by atoms with Crippen molar-refractivity contribution in [1.82, 2.24) is 4.90 Å². The van der Waals surface area contributed by atoms with Crippen LogP contribution in [0.1, 0.15) is 16.9 Å². The number of ether oxygens (including phenoxy) is 2. The minimum absolute atomic E-state index is 0.146. The van der Waals surface area contributed by atoms with Crippen LogP contribution in [0.5, 0.6) is 11.5 Å². The maximum absolute atomic E-state index is 13.3. The Bertz CT molecular complexity index is 960. The highest BCUT2D eigenvalue weighted by Crippen LogP contribution is 2.29. The average Bonchev–Trinajstić information content (AvgIpc) is 3.23. The van der Waals surface area contributed by atoms with Gasteiger partial charge >= 0.3 is 0 Å². The van der Waals surface area contributed by atoms with Gasteiger partial charge in [0.2, 0.25) is 5.91 Å². The van der Waals surface area contributed by atoms with E-state index in [9.17, 15) is 9.18 Å². The van der Waals surface area contributed by atoms with E-state index in [4.69, 9.17) is 19.6 Å². The van der Waals surface area contributed by atoms with E-state index in [-0.39, 0.29) is 24.9 Å². The molecule has 3 rings (SSSR count). The first-order valence-electron chi connectivity index (χ1n) is 9.60. The molecule has 158 valence electrons. The van der Waals surface area contributed by atoms with Crippen molar-refractivity contribution in [1.29, 1.82) is 0 Å². The zero-order valence-electron chi connectivity index (χ0n) is 16.8. The normalized spacial score (nSPS) is 10.9. The number of carbonyl (C=O) groups is 1. The summed E-state index contributed by atoms with van der Waals surface area (Å²) in [5.41, 5.74) is 7.14. The van der Waals surface area contributed by atoms with Crippen molar-refractivity contribution in [2.75, 3.05) is 20.2 Å². The van der Waals surface area contributed by atoms with Crippen molar-refractivity contribution in [3.05, 3.63) is 83.6 Å². The highest BCUT2D eigenvalue weighted by molar-refractivity contribution is 5.75. The zero-order valence-corrected chi connectivity index (χ0v) is 16.8. The van der Waals surface area contributed by atoms with Crippen LogP contribution in [0.3, 0.4) is 0 Å². The molecule has 7 heteroatoms. The van der Waals surface area contributed by atoms with E-state index in [0.29, 0.717) is 31.0 Å². The zero-order chi connectivity index (χ0) is 21.3. The number of furan rings is 1. The van der Waals surface area contributed by atoms with Crippen LogP contribution in [0.15, 0.2) is 65.3 Å². The van der Waals surface area contributed by atoms with Gasteiger partial charge in [-0.25, -0.2) is 4.39 Å². The molecule has 0 radical (unpaired) electrons. The fourth-order valence-corrected chi connectivity index (χ4v) is 3.12. The summed E-state index contributed by atoms with van der Waals surface area (Å²) in [4.78, 5) is 13.3. The number of rotatable bonds is 11. The third kappa shape index (κ3) is 6.35. The molecule has 0 aliphatic carbocycles. The number of benzene rings is 2. The van der Waals surface area contributed by atoms with Gasteiger partial charge in [-0.3, -0.25) is 9.69 Å². The van der Waals surface area contributed by atoms with E-state index < -0.39 is 0 Å². The molecule has 1 aromatic heterocycles. The highest BCUT2D eigenvalue weighted by atomic mass is 19.1. The topological polar surface area (TPSA) is 77.9 Å². The molecule has 2 N–H and O–H groups in total. The summed E-state index contributed by atoms with van der Waals surface area (Å²) in [6.07, 6.45) is 2.29. The van der Waals surface area contributed by atoms with Gasteiger partial charge < -0.3 is 19.6 Å². The molecule has 0 spiro atoms. The van der Waals surface area contributed by atoms with Crippen LogP contribution in [0, 0.1) is 5.82 Å². The molecule has 0 atom stereocenters. The molecule has 6 nitrogen and oxygen atoms in total. The van der Waals surface area contributed by atoms with Crippen LogP contribution in [0.2, 0.25) is 0 Å². The number of halogens is 1. The Hall–Kier alpha value is -3.32. The lowest BCUT2D eigenvalue weighted by Gasteiger charge is -2.20. The van der Waals surface area contributed by atoms with Crippen molar-refractivity contribution in [3.63, 3.8) is 0 Å². The summed E-state index contributed by atoms with van der Waals surface area (Å²) in [6.45, 7) is 1.51. The molecule has 0 aliphatic heterocycles. The van der Waals surface area contributed by atoms with Crippen LogP contribution in [-0.2, 0) is 24.4 Å². The van der Waals surface area contributed by atoms with Crippen LogP contribution >= 0.6 is 0 Å². The number of amides is 1. The highest BCUT2D eigenvalue weighted by Gasteiger charge is 2.12. The van der Waals surface area contributed by atoms with Crippen LogP contribution < -0.4 is 15.2 Å². The summed E-state index contributed by atoms with van der Waals surface area (Å²) in [5.74, 6) is 1.26. The van der Waals surface area contributed by atoms with E-state index in [0.717, 1.165) is 16.9 Å². The molecule has 0 saturated carbocycles. The summed E-state index contributed by atoms with van der Waals surface area (Å²) >= 11 is 0. The van der Waals surface area contributed by atoms with Crippen molar-refractivity contribution >= 4 is 5.91 Å². The maximum atomic E-state index is 13.3. The molecule has 3 aromatic rings. The number of nitrogens with two attached hydrogens (primary N) is 1. The first-order valence-corrected chi connectivity index (χ1v) is 9.60. The third-order valence-electron chi connectivity index (χ3n) is 4.57. The minimum Gasteiger partial charge on any atom is -0.493 e. The molecule has 0 saturated heterocycles. The number of carbonyl (C=O) groups excluding carboxylic acids is 1. The average molecular weight is 412 g/mol. The Labute approximate surface area is 175 Å². The molecule has 0 aliphatic rings. The molecule has 0 unspecified atom stereocenters. The standard InChI is InChI=1S/C23H25FN2O4/c1-28-22-13-17(7-8-21(22)30-16-18-4-2-5-19(24)12-18)9-10-26(15-23(25)27)14-20-6-3-11-29-20/h2-8,11-13H,9-10,14-16H2,1H3,(H2,25,27). The van der Waals surface area contributed by atoms with Gasteiger partial charge in [0.25, 0.3) is 0 Å². The van der Waals surface area contributed by atoms with Gasteiger partial charge in [0.15, 0.2) is 11.5 Å². The molecule has 2 aromatic carbocycles. The lowest BCUT2D eigenvalue weighted by atomic mass is 10.1. The van der Waals surface area contributed by atoms with Crippen LogP contribution in [0.25, 0.3) is 0 Å². The Morgan fingerprint density at radius 2 is 1.97 bits per heavy atom. The van der Waals surface area contributed by atoms with Gasteiger partial charge in [0.1, 0.15) is 18.2 Å². The summed E-state index contributed by atoms with van der Waals surface area (Å²) in [5, 5.41) is 0. The third-order valence-corrected chi connectivity index (χ3v) is 4.57. The van der Waals surface area contributed by atoms with Gasteiger partial charge in [-0.2, -0.15) is 0 Å². The molecule has 30 heavy (non-hydrogen) atoms. The number of nitrogens with zero attached hydrogens (tertiary/aromatic N) is 1. The number of primary amides is 1. The number of hydrogen-bond donors (Lipinski definition) is 1. The summed E-state index contributed by atoms with van der Waals surface area (Å²) in [7, 11) is 1.57. The quantitative estimate of drug-likeness (QED) is 0.521. The second-order valence-corrected chi connectivity index (χ2v) is 6.91. The van der Waals surface area contributed by atoms with E-state index in [1.807, 2.05) is 35.2 Å². The van der Waals surface area contributed by atoms with E-state index in [1.165, 1.54) is 12.1 Å². The monoisotopic (exact) mass is 412 g/mol. The van der Waals surface area contributed by atoms with E-state index >= 15 is 0 Å².